The van der Waals surface area contributed by atoms with Gasteiger partial charge in [-0.3, -0.25) is 9.59 Å². The van der Waals surface area contributed by atoms with E-state index in [1.807, 2.05) is 13.8 Å². The van der Waals surface area contributed by atoms with Crippen LogP contribution in [-0.2, 0) is 14.3 Å². The lowest BCUT2D eigenvalue weighted by Crippen LogP contribution is -2.51. The third-order valence-corrected chi connectivity index (χ3v) is 6.01. The number of carbonyl (C=O) groups is 2. The maximum absolute atomic E-state index is 12.6. The molecule has 6 heteroatoms. The number of nitrogens with one attached hydrogen (secondary N) is 2. The second-order valence-electron chi connectivity index (χ2n) is 9.55. The van der Waals surface area contributed by atoms with Gasteiger partial charge in [0.2, 0.25) is 11.8 Å². The van der Waals surface area contributed by atoms with Gasteiger partial charge < -0.3 is 20.5 Å². The predicted molar refractivity (Wildman–Crippen MR) is 126 cm³/mol. The van der Waals surface area contributed by atoms with Crippen LogP contribution in [0.1, 0.15) is 117 Å². The molecular formula is C25H48N2O4. The highest BCUT2D eigenvalue weighted by molar-refractivity contribution is 5.87. The molecule has 6 nitrogen and oxygen atoms in total. The number of amides is 2. The Labute approximate surface area is 190 Å². The van der Waals surface area contributed by atoms with E-state index in [1.54, 1.807) is 0 Å². The van der Waals surface area contributed by atoms with Gasteiger partial charge in [0.15, 0.2) is 6.29 Å². The van der Waals surface area contributed by atoms with Crippen LogP contribution < -0.4 is 10.6 Å². The summed E-state index contributed by atoms with van der Waals surface area (Å²) in [5, 5.41) is 15.5. The van der Waals surface area contributed by atoms with Crippen molar-refractivity contribution in [3.05, 3.63) is 0 Å². The number of ether oxygens (including phenoxy) is 1. The van der Waals surface area contributed by atoms with E-state index in [-0.39, 0.29) is 17.7 Å². The Hall–Kier alpha value is -1.14. The van der Waals surface area contributed by atoms with Crippen molar-refractivity contribution < 1.29 is 19.4 Å². The van der Waals surface area contributed by atoms with Gasteiger partial charge >= 0.3 is 0 Å². The maximum atomic E-state index is 12.6. The summed E-state index contributed by atoms with van der Waals surface area (Å²) in [5.41, 5.74) is 0. The molecule has 1 rings (SSSR count). The van der Waals surface area contributed by atoms with E-state index in [9.17, 15) is 14.7 Å². The van der Waals surface area contributed by atoms with E-state index >= 15 is 0 Å². The van der Waals surface area contributed by atoms with Crippen molar-refractivity contribution in [2.24, 2.45) is 5.92 Å². The molecule has 3 N–H and O–H groups in total. The highest BCUT2D eigenvalue weighted by Crippen LogP contribution is 2.14. The fourth-order valence-corrected chi connectivity index (χ4v) is 4.10. The number of unbranched alkanes of at least 4 members (excludes halogenated alkanes) is 11. The quantitative estimate of drug-likeness (QED) is 0.266. The molecule has 0 aliphatic carbocycles. The Morgan fingerprint density at radius 3 is 1.97 bits per heavy atom. The van der Waals surface area contributed by atoms with E-state index in [0.717, 1.165) is 12.8 Å². The molecule has 1 fully saturated rings. The molecule has 31 heavy (non-hydrogen) atoms. The molecule has 1 heterocycles. The number of hydrogen-bond donors (Lipinski definition) is 3. The third-order valence-electron chi connectivity index (χ3n) is 6.01. The molecule has 0 aromatic rings. The first kappa shape index (κ1) is 27.9. The molecule has 0 bridgehead atoms. The zero-order valence-electron chi connectivity index (χ0n) is 20.3. The zero-order valence-corrected chi connectivity index (χ0v) is 20.3. The molecule has 3 atom stereocenters. The Bertz CT molecular complexity index is 484. The van der Waals surface area contributed by atoms with Gasteiger partial charge in [0.05, 0.1) is 12.6 Å². The first-order valence-corrected chi connectivity index (χ1v) is 12.8. The molecule has 0 aromatic heterocycles. The minimum Gasteiger partial charge on any atom is -0.366 e. The lowest BCUT2D eigenvalue weighted by atomic mass is 10.0. The Kier molecular flexibility index (Phi) is 15.7. The van der Waals surface area contributed by atoms with Crippen LogP contribution in [0.15, 0.2) is 0 Å². The van der Waals surface area contributed by atoms with Crippen molar-refractivity contribution in [1.29, 1.82) is 0 Å². The topological polar surface area (TPSA) is 87.7 Å². The minimum atomic E-state index is -0.958. The summed E-state index contributed by atoms with van der Waals surface area (Å²) in [6.45, 7) is 6.76. The zero-order chi connectivity index (χ0) is 22.9. The first-order chi connectivity index (χ1) is 14.9. The summed E-state index contributed by atoms with van der Waals surface area (Å²) in [6, 6.07) is -0.951. The number of rotatable bonds is 18. The molecule has 182 valence electrons. The molecule has 0 saturated carbocycles. The van der Waals surface area contributed by atoms with E-state index in [0.29, 0.717) is 25.9 Å². The maximum Gasteiger partial charge on any atom is 0.242 e. The Balaban J connectivity index is 2.13. The van der Waals surface area contributed by atoms with Crippen LogP contribution in [0.25, 0.3) is 0 Å². The number of aliphatic hydroxyl groups is 1. The van der Waals surface area contributed by atoms with Gasteiger partial charge in [-0.25, -0.2) is 0 Å². The van der Waals surface area contributed by atoms with E-state index in [1.165, 1.54) is 64.2 Å². The second-order valence-corrected chi connectivity index (χ2v) is 9.55. The van der Waals surface area contributed by atoms with Crippen molar-refractivity contribution in [2.45, 2.75) is 135 Å². The van der Waals surface area contributed by atoms with E-state index < -0.39 is 18.4 Å². The van der Waals surface area contributed by atoms with Crippen molar-refractivity contribution in [3.8, 4) is 0 Å². The van der Waals surface area contributed by atoms with Crippen LogP contribution in [0.5, 0.6) is 0 Å². The smallest absolute Gasteiger partial charge is 0.242 e. The van der Waals surface area contributed by atoms with Crippen molar-refractivity contribution in [1.82, 2.24) is 10.6 Å². The average Bonchev–Trinajstić information content (AvgIpc) is 3.12. The Morgan fingerprint density at radius 2 is 1.48 bits per heavy atom. The molecule has 2 amide bonds. The summed E-state index contributed by atoms with van der Waals surface area (Å²) in [4.78, 5) is 25.0. The van der Waals surface area contributed by atoms with Gasteiger partial charge in [-0.15, -0.1) is 0 Å². The largest absolute Gasteiger partial charge is 0.366 e. The number of aliphatic hydroxyl groups excluding tert-OH is 1. The van der Waals surface area contributed by atoms with Crippen molar-refractivity contribution in [2.75, 3.05) is 6.61 Å². The van der Waals surface area contributed by atoms with Crippen LogP contribution in [0.2, 0.25) is 0 Å². The third kappa shape index (κ3) is 13.8. The highest BCUT2D eigenvalue weighted by Gasteiger charge is 2.30. The van der Waals surface area contributed by atoms with E-state index in [4.69, 9.17) is 4.74 Å². The SMILES string of the molecule is CCCCCCCCCCCCCCC(=O)NC(CC(C)C)C(=O)NC1CCOC1O. The molecular weight excluding hydrogens is 392 g/mol. The lowest BCUT2D eigenvalue weighted by Gasteiger charge is -2.23. The molecule has 1 saturated heterocycles. The lowest BCUT2D eigenvalue weighted by molar-refractivity contribution is -0.131. The molecule has 0 radical (unpaired) electrons. The standard InChI is InChI=1S/C25H48N2O4/c1-4-5-6-7-8-9-10-11-12-13-14-15-16-23(28)26-22(19-20(2)3)24(29)27-21-17-18-31-25(21)30/h20-22,25,30H,4-19H2,1-3H3,(H,26,28)(H,27,29). The van der Waals surface area contributed by atoms with Crippen molar-refractivity contribution in [3.63, 3.8) is 0 Å². The van der Waals surface area contributed by atoms with Crippen LogP contribution >= 0.6 is 0 Å². The molecule has 0 aromatic carbocycles. The van der Waals surface area contributed by atoms with Crippen LogP contribution in [0, 0.1) is 5.92 Å². The summed E-state index contributed by atoms with van der Waals surface area (Å²) in [7, 11) is 0. The summed E-state index contributed by atoms with van der Waals surface area (Å²) in [5.74, 6) is -0.00478. The summed E-state index contributed by atoms with van der Waals surface area (Å²) >= 11 is 0. The molecule has 3 unspecified atom stereocenters. The average molecular weight is 441 g/mol. The summed E-state index contributed by atoms with van der Waals surface area (Å²) in [6.07, 6.45) is 15.9. The second kappa shape index (κ2) is 17.4. The van der Waals surface area contributed by atoms with Gasteiger partial charge in [0, 0.05) is 6.42 Å². The van der Waals surface area contributed by atoms with Gasteiger partial charge in [0.25, 0.3) is 0 Å². The fraction of sp³-hybridized carbons (Fsp3) is 0.920. The number of carbonyl (C=O) groups excluding carboxylic acids is 2. The van der Waals surface area contributed by atoms with Crippen LogP contribution in [0.4, 0.5) is 0 Å². The molecule has 1 aliphatic heterocycles. The van der Waals surface area contributed by atoms with Gasteiger partial charge in [-0.05, 0) is 25.2 Å². The van der Waals surface area contributed by atoms with Crippen LogP contribution in [-0.4, -0.2) is 41.9 Å². The van der Waals surface area contributed by atoms with Gasteiger partial charge in [-0.1, -0.05) is 91.4 Å². The fourth-order valence-electron chi connectivity index (χ4n) is 4.10. The van der Waals surface area contributed by atoms with Crippen molar-refractivity contribution >= 4 is 11.8 Å². The normalized spacial score (nSPS) is 19.5. The molecule has 0 spiro atoms. The van der Waals surface area contributed by atoms with Gasteiger partial charge in [-0.2, -0.15) is 0 Å². The van der Waals surface area contributed by atoms with Crippen LogP contribution in [0.3, 0.4) is 0 Å². The Morgan fingerprint density at radius 1 is 0.935 bits per heavy atom. The van der Waals surface area contributed by atoms with E-state index in [2.05, 4.69) is 17.6 Å². The van der Waals surface area contributed by atoms with Gasteiger partial charge in [0.1, 0.15) is 6.04 Å². The minimum absolute atomic E-state index is 0.0592. The highest BCUT2D eigenvalue weighted by atomic mass is 16.6. The monoisotopic (exact) mass is 440 g/mol. The number of hydrogen-bond acceptors (Lipinski definition) is 4. The summed E-state index contributed by atoms with van der Waals surface area (Å²) < 4.78 is 5.09. The molecule has 1 aliphatic rings. The predicted octanol–water partition coefficient (Wildman–Crippen LogP) is 4.83. The first-order valence-electron chi connectivity index (χ1n) is 12.8.